The van der Waals surface area contributed by atoms with Gasteiger partial charge in [-0.2, -0.15) is 0 Å². The summed E-state index contributed by atoms with van der Waals surface area (Å²) in [7, 11) is 0. The first kappa shape index (κ1) is 8.82. The molecule has 0 spiro atoms. The number of aliphatic hydroxyl groups is 1. The third-order valence-electron chi connectivity index (χ3n) is 2.95. The molecule has 0 fully saturated rings. The molecule has 0 bridgehead atoms. The van der Waals surface area contributed by atoms with E-state index in [0.717, 1.165) is 31.4 Å². The first-order valence-corrected chi connectivity index (χ1v) is 4.93. The van der Waals surface area contributed by atoms with Crippen molar-refractivity contribution < 1.29 is 9.84 Å². The summed E-state index contributed by atoms with van der Waals surface area (Å²) in [5, 5.41) is 10.3. The van der Waals surface area contributed by atoms with Crippen LogP contribution < -0.4 is 0 Å². The van der Waals surface area contributed by atoms with Gasteiger partial charge in [-0.15, -0.1) is 0 Å². The van der Waals surface area contributed by atoms with E-state index in [1.807, 2.05) is 6.08 Å². The van der Waals surface area contributed by atoms with Crippen molar-refractivity contribution in [3.63, 3.8) is 0 Å². The van der Waals surface area contributed by atoms with Crippen LogP contribution in [0.5, 0.6) is 0 Å². The SMILES string of the molecule is CC1C=CC(O)(C2=COCC2)CC1. The van der Waals surface area contributed by atoms with Gasteiger partial charge in [0, 0.05) is 12.0 Å². The van der Waals surface area contributed by atoms with Crippen LogP contribution in [0.15, 0.2) is 24.0 Å². The largest absolute Gasteiger partial charge is 0.501 e. The predicted molar refractivity (Wildman–Crippen MR) is 51.1 cm³/mol. The number of rotatable bonds is 1. The molecule has 2 unspecified atom stereocenters. The highest BCUT2D eigenvalue weighted by Gasteiger charge is 2.33. The van der Waals surface area contributed by atoms with E-state index in [-0.39, 0.29) is 0 Å². The van der Waals surface area contributed by atoms with E-state index in [2.05, 4.69) is 13.0 Å². The average molecular weight is 180 g/mol. The number of ether oxygens (including phenoxy) is 1. The van der Waals surface area contributed by atoms with Crippen molar-refractivity contribution in [1.29, 1.82) is 0 Å². The fraction of sp³-hybridized carbons (Fsp3) is 0.636. The molecule has 0 radical (unpaired) electrons. The molecule has 2 aliphatic rings. The van der Waals surface area contributed by atoms with Gasteiger partial charge in [0.1, 0.15) is 5.60 Å². The van der Waals surface area contributed by atoms with Gasteiger partial charge in [-0.25, -0.2) is 0 Å². The Kier molecular flexibility index (Phi) is 2.16. The lowest BCUT2D eigenvalue weighted by atomic mass is 9.81. The zero-order valence-electron chi connectivity index (χ0n) is 7.99. The van der Waals surface area contributed by atoms with Crippen LogP contribution in [0.25, 0.3) is 0 Å². The molecule has 2 heteroatoms. The molecule has 0 aromatic heterocycles. The van der Waals surface area contributed by atoms with Crippen molar-refractivity contribution in [2.24, 2.45) is 5.92 Å². The minimum Gasteiger partial charge on any atom is -0.501 e. The van der Waals surface area contributed by atoms with Crippen LogP contribution in [-0.2, 0) is 4.74 Å². The van der Waals surface area contributed by atoms with E-state index in [0.29, 0.717) is 5.92 Å². The Morgan fingerprint density at radius 3 is 3.00 bits per heavy atom. The molecule has 2 nitrogen and oxygen atoms in total. The van der Waals surface area contributed by atoms with Crippen molar-refractivity contribution in [1.82, 2.24) is 0 Å². The van der Waals surface area contributed by atoms with Gasteiger partial charge in [-0.3, -0.25) is 0 Å². The summed E-state index contributed by atoms with van der Waals surface area (Å²) in [6, 6.07) is 0. The van der Waals surface area contributed by atoms with Gasteiger partial charge in [0.15, 0.2) is 0 Å². The third kappa shape index (κ3) is 1.63. The van der Waals surface area contributed by atoms with Gasteiger partial charge in [0.25, 0.3) is 0 Å². The van der Waals surface area contributed by atoms with Crippen molar-refractivity contribution in [2.45, 2.75) is 31.8 Å². The first-order valence-electron chi connectivity index (χ1n) is 4.93. The minimum atomic E-state index is -0.705. The first-order chi connectivity index (χ1) is 6.21. The second kappa shape index (κ2) is 3.18. The lowest BCUT2D eigenvalue weighted by molar-refractivity contribution is 0.104. The highest BCUT2D eigenvalue weighted by molar-refractivity contribution is 5.27. The van der Waals surface area contributed by atoms with Crippen LogP contribution in [0.3, 0.4) is 0 Å². The van der Waals surface area contributed by atoms with Crippen LogP contribution in [0, 0.1) is 5.92 Å². The van der Waals surface area contributed by atoms with Crippen LogP contribution in [0.4, 0.5) is 0 Å². The van der Waals surface area contributed by atoms with Crippen LogP contribution in [0.2, 0.25) is 0 Å². The lowest BCUT2D eigenvalue weighted by Gasteiger charge is -2.30. The van der Waals surface area contributed by atoms with E-state index in [4.69, 9.17) is 4.74 Å². The Morgan fingerprint density at radius 2 is 2.46 bits per heavy atom. The molecule has 0 saturated carbocycles. The molecule has 2 rings (SSSR count). The summed E-state index contributed by atoms with van der Waals surface area (Å²) in [5.74, 6) is 0.600. The second-order valence-corrected chi connectivity index (χ2v) is 4.06. The molecule has 0 amide bonds. The monoisotopic (exact) mass is 180 g/mol. The van der Waals surface area contributed by atoms with E-state index in [1.54, 1.807) is 6.26 Å². The highest BCUT2D eigenvalue weighted by Crippen LogP contribution is 2.34. The molecule has 1 aliphatic heterocycles. The topological polar surface area (TPSA) is 29.5 Å². The maximum Gasteiger partial charge on any atom is 0.107 e. The highest BCUT2D eigenvalue weighted by atomic mass is 16.5. The number of allylic oxidation sites excluding steroid dienone is 1. The molecule has 0 saturated heterocycles. The minimum absolute atomic E-state index is 0.600. The molecule has 1 heterocycles. The maximum absolute atomic E-state index is 10.3. The third-order valence-corrected chi connectivity index (χ3v) is 2.95. The second-order valence-electron chi connectivity index (χ2n) is 4.06. The lowest BCUT2D eigenvalue weighted by Crippen LogP contribution is -2.31. The summed E-state index contributed by atoms with van der Waals surface area (Å²) in [6.07, 6.45) is 8.52. The van der Waals surface area contributed by atoms with E-state index < -0.39 is 5.60 Å². The van der Waals surface area contributed by atoms with Crippen molar-refractivity contribution in [2.75, 3.05) is 6.61 Å². The van der Waals surface area contributed by atoms with E-state index in [9.17, 15) is 5.11 Å². The smallest absolute Gasteiger partial charge is 0.107 e. The predicted octanol–water partition coefficient (Wildman–Crippen LogP) is 2.01. The van der Waals surface area contributed by atoms with Gasteiger partial charge in [-0.05, 0) is 18.8 Å². The molecular weight excluding hydrogens is 164 g/mol. The Morgan fingerprint density at radius 1 is 1.62 bits per heavy atom. The fourth-order valence-electron chi connectivity index (χ4n) is 1.92. The van der Waals surface area contributed by atoms with Crippen molar-refractivity contribution in [3.8, 4) is 0 Å². The summed E-state index contributed by atoms with van der Waals surface area (Å²) < 4.78 is 5.15. The Bertz CT molecular complexity index is 255. The maximum atomic E-state index is 10.3. The number of hydrogen-bond acceptors (Lipinski definition) is 2. The zero-order valence-corrected chi connectivity index (χ0v) is 7.99. The standard InChI is InChI=1S/C11H16O2/c1-9-2-5-11(12,6-3-9)10-4-7-13-8-10/h2,5,8-9,12H,3-4,6-7H2,1H3. The quantitative estimate of drug-likeness (QED) is 0.625. The normalized spacial score (nSPS) is 38.6. The van der Waals surface area contributed by atoms with E-state index in [1.165, 1.54) is 0 Å². The summed E-state index contributed by atoms with van der Waals surface area (Å²) >= 11 is 0. The van der Waals surface area contributed by atoms with Crippen LogP contribution >= 0.6 is 0 Å². The molecular formula is C11H16O2. The number of hydrogen-bond donors (Lipinski definition) is 1. The summed E-state index contributed by atoms with van der Waals surface area (Å²) in [4.78, 5) is 0. The molecule has 72 valence electrons. The Balaban J connectivity index is 2.16. The van der Waals surface area contributed by atoms with Crippen molar-refractivity contribution in [3.05, 3.63) is 24.0 Å². The summed E-state index contributed by atoms with van der Waals surface area (Å²) in [6.45, 7) is 2.90. The molecule has 0 aromatic carbocycles. The average Bonchev–Trinajstić information content (AvgIpc) is 2.63. The van der Waals surface area contributed by atoms with Gasteiger partial charge in [0.2, 0.25) is 0 Å². The molecule has 13 heavy (non-hydrogen) atoms. The molecule has 1 N–H and O–H groups in total. The summed E-state index contributed by atoms with van der Waals surface area (Å²) in [5.41, 5.74) is 0.332. The van der Waals surface area contributed by atoms with Gasteiger partial charge in [-0.1, -0.05) is 19.1 Å². The van der Waals surface area contributed by atoms with Gasteiger partial charge >= 0.3 is 0 Å². The van der Waals surface area contributed by atoms with Gasteiger partial charge < -0.3 is 9.84 Å². The molecule has 0 aromatic rings. The van der Waals surface area contributed by atoms with Crippen molar-refractivity contribution >= 4 is 0 Å². The Hall–Kier alpha value is -0.760. The Labute approximate surface area is 78.9 Å². The van der Waals surface area contributed by atoms with Gasteiger partial charge in [0.05, 0.1) is 12.9 Å². The fourth-order valence-corrected chi connectivity index (χ4v) is 1.92. The molecule has 1 aliphatic carbocycles. The van der Waals surface area contributed by atoms with E-state index >= 15 is 0 Å². The van der Waals surface area contributed by atoms with Crippen LogP contribution in [0.1, 0.15) is 26.2 Å². The zero-order chi connectivity index (χ0) is 9.31. The van der Waals surface area contributed by atoms with Crippen LogP contribution in [-0.4, -0.2) is 17.3 Å². The molecule has 2 atom stereocenters.